The number of amides is 2. The molecule has 0 fully saturated rings. The molecule has 8 nitrogen and oxygen atoms in total. The number of likely N-dealkylation sites (N-methyl/N-ethyl adjacent to an activating group) is 1. The van der Waals surface area contributed by atoms with Crippen LogP contribution in [-0.4, -0.2) is 51.4 Å². The second-order valence-corrected chi connectivity index (χ2v) is 11.2. The minimum atomic E-state index is -4.21. The predicted octanol–water partition coefficient (Wildman–Crippen LogP) is 5.14. The number of methoxy groups -OCH3 is 1. The highest BCUT2D eigenvalue weighted by molar-refractivity contribution is 7.92. The highest BCUT2D eigenvalue weighted by atomic mass is 35.5. The van der Waals surface area contributed by atoms with E-state index in [1.807, 2.05) is 0 Å². The third-order valence-corrected chi connectivity index (χ3v) is 8.57. The summed E-state index contributed by atoms with van der Waals surface area (Å²) in [7, 11) is -2.80. The Morgan fingerprint density at radius 3 is 2.13 bits per heavy atom. The molecule has 0 saturated heterocycles. The number of ether oxygens (including phenoxy) is 1. The highest BCUT2D eigenvalue weighted by Crippen LogP contribution is 2.33. The second kappa shape index (κ2) is 13.7. The van der Waals surface area contributed by atoms with E-state index in [-0.39, 0.29) is 35.2 Å². The zero-order valence-corrected chi connectivity index (χ0v) is 24.3. The van der Waals surface area contributed by atoms with Gasteiger partial charge >= 0.3 is 0 Å². The van der Waals surface area contributed by atoms with Gasteiger partial charge in [-0.1, -0.05) is 66.5 Å². The van der Waals surface area contributed by atoms with Crippen LogP contribution in [0.1, 0.15) is 25.8 Å². The van der Waals surface area contributed by atoms with Crippen molar-refractivity contribution >= 4 is 50.7 Å². The first-order valence-electron chi connectivity index (χ1n) is 12.4. The Hall–Kier alpha value is -3.27. The van der Waals surface area contributed by atoms with Crippen molar-refractivity contribution < 1.29 is 22.7 Å². The summed E-state index contributed by atoms with van der Waals surface area (Å²) in [5.41, 5.74) is 0.630. The lowest BCUT2D eigenvalue weighted by Crippen LogP contribution is -2.52. The fourth-order valence-electron chi connectivity index (χ4n) is 4.13. The zero-order chi connectivity index (χ0) is 28.6. The van der Waals surface area contributed by atoms with Gasteiger partial charge in [-0.15, -0.1) is 0 Å². The first kappa shape index (κ1) is 30.3. The molecular weight excluding hydrogens is 561 g/mol. The van der Waals surface area contributed by atoms with Crippen LogP contribution in [0.2, 0.25) is 10.0 Å². The molecular formula is C28H31Cl2N3O5S. The molecule has 0 bridgehead atoms. The summed E-state index contributed by atoms with van der Waals surface area (Å²) in [6, 6.07) is 18.4. The van der Waals surface area contributed by atoms with Crippen LogP contribution in [0.3, 0.4) is 0 Å². The van der Waals surface area contributed by atoms with E-state index in [2.05, 4.69) is 5.32 Å². The van der Waals surface area contributed by atoms with Gasteiger partial charge in [0.05, 0.1) is 17.7 Å². The lowest BCUT2D eigenvalue weighted by atomic mass is 10.1. The molecule has 1 N–H and O–H groups in total. The van der Waals surface area contributed by atoms with E-state index in [0.29, 0.717) is 22.2 Å². The molecule has 3 aromatic carbocycles. The van der Waals surface area contributed by atoms with Crippen LogP contribution in [0.25, 0.3) is 0 Å². The quantitative estimate of drug-likeness (QED) is 0.314. The van der Waals surface area contributed by atoms with Crippen molar-refractivity contribution in [2.45, 2.75) is 37.8 Å². The Bertz CT molecular complexity index is 1380. The predicted molar refractivity (Wildman–Crippen MR) is 154 cm³/mol. The van der Waals surface area contributed by atoms with Gasteiger partial charge in [-0.3, -0.25) is 13.9 Å². The van der Waals surface area contributed by atoms with Crippen molar-refractivity contribution in [1.82, 2.24) is 10.2 Å². The average molecular weight is 593 g/mol. The number of halogens is 2. The van der Waals surface area contributed by atoms with Gasteiger partial charge in [0.1, 0.15) is 18.3 Å². The molecule has 2 amide bonds. The van der Waals surface area contributed by atoms with Crippen molar-refractivity contribution in [3.63, 3.8) is 0 Å². The Balaban J connectivity index is 2.13. The molecule has 0 heterocycles. The van der Waals surface area contributed by atoms with Gasteiger partial charge in [0.2, 0.25) is 11.8 Å². The third kappa shape index (κ3) is 7.03. The fourth-order valence-corrected chi connectivity index (χ4v) is 6.10. The summed E-state index contributed by atoms with van der Waals surface area (Å²) >= 11 is 12.8. The number of para-hydroxylation sites is 2. The monoisotopic (exact) mass is 591 g/mol. The van der Waals surface area contributed by atoms with Crippen LogP contribution < -0.4 is 14.4 Å². The fraction of sp³-hybridized carbons (Fsp3) is 0.286. The van der Waals surface area contributed by atoms with Crippen molar-refractivity contribution in [1.29, 1.82) is 0 Å². The minimum absolute atomic E-state index is 0.000159. The number of sulfonamides is 1. The molecule has 0 saturated carbocycles. The summed E-state index contributed by atoms with van der Waals surface area (Å²) in [4.78, 5) is 28.4. The first-order chi connectivity index (χ1) is 18.6. The van der Waals surface area contributed by atoms with Crippen LogP contribution in [-0.2, 0) is 26.2 Å². The van der Waals surface area contributed by atoms with Gasteiger partial charge in [0.15, 0.2) is 0 Å². The number of hydrogen-bond acceptors (Lipinski definition) is 5. The van der Waals surface area contributed by atoms with Gasteiger partial charge in [-0.25, -0.2) is 8.42 Å². The largest absolute Gasteiger partial charge is 0.495 e. The second-order valence-electron chi connectivity index (χ2n) is 8.54. The molecule has 39 heavy (non-hydrogen) atoms. The maximum Gasteiger partial charge on any atom is 0.264 e. The van der Waals surface area contributed by atoms with E-state index in [1.54, 1.807) is 74.5 Å². The molecule has 3 aromatic rings. The Labute approximate surface area is 239 Å². The highest BCUT2D eigenvalue weighted by Gasteiger charge is 2.35. The van der Waals surface area contributed by atoms with Gasteiger partial charge in [0, 0.05) is 28.7 Å². The van der Waals surface area contributed by atoms with Crippen LogP contribution in [0, 0.1) is 0 Å². The average Bonchev–Trinajstić information content (AvgIpc) is 2.93. The zero-order valence-electron chi connectivity index (χ0n) is 21.9. The lowest BCUT2D eigenvalue weighted by Gasteiger charge is -2.33. The van der Waals surface area contributed by atoms with E-state index >= 15 is 0 Å². The molecule has 0 aliphatic heterocycles. The molecule has 0 aliphatic carbocycles. The molecule has 0 unspecified atom stereocenters. The molecule has 0 spiro atoms. The van der Waals surface area contributed by atoms with Gasteiger partial charge in [0.25, 0.3) is 10.0 Å². The molecule has 3 rings (SSSR count). The number of rotatable bonds is 12. The van der Waals surface area contributed by atoms with Crippen LogP contribution >= 0.6 is 23.2 Å². The van der Waals surface area contributed by atoms with E-state index in [9.17, 15) is 18.0 Å². The number of anilines is 1. The maximum atomic E-state index is 14.1. The van der Waals surface area contributed by atoms with Crippen LogP contribution in [0.4, 0.5) is 5.69 Å². The summed E-state index contributed by atoms with van der Waals surface area (Å²) < 4.78 is 34.2. The minimum Gasteiger partial charge on any atom is -0.495 e. The number of benzene rings is 3. The van der Waals surface area contributed by atoms with Crippen molar-refractivity contribution in [3.05, 3.63) is 88.4 Å². The van der Waals surface area contributed by atoms with Crippen molar-refractivity contribution in [3.8, 4) is 5.75 Å². The Kier molecular flexibility index (Phi) is 10.6. The molecule has 0 radical (unpaired) electrons. The molecule has 11 heteroatoms. The number of nitrogens with zero attached hydrogens (tertiary/aromatic N) is 2. The van der Waals surface area contributed by atoms with Gasteiger partial charge in [-0.2, -0.15) is 0 Å². The molecule has 0 aliphatic rings. The standard InChI is InChI=1S/C28H31Cl2N3O5S/c1-4-24(28(35)31-5-2)32(18-21-22(29)14-11-15-23(21)30)27(34)19-33(25-16-9-10-17-26(25)38-3)39(36,37)20-12-7-6-8-13-20/h6-17,24H,4-5,18-19H2,1-3H3,(H,31,35)/t24-/m0/s1. The van der Waals surface area contributed by atoms with Crippen LogP contribution in [0.15, 0.2) is 77.7 Å². The van der Waals surface area contributed by atoms with Crippen molar-refractivity contribution in [2.75, 3.05) is 24.5 Å². The summed E-state index contributed by atoms with van der Waals surface area (Å²) in [5, 5.41) is 3.40. The molecule has 208 valence electrons. The maximum absolute atomic E-state index is 14.1. The summed E-state index contributed by atoms with van der Waals surface area (Å²) in [6.45, 7) is 3.21. The SMILES string of the molecule is CCNC(=O)[C@H](CC)N(Cc1c(Cl)cccc1Cl)C(=O)CN(c1ccccc1OC)S(=O)(=O)c1ccccc1. The smallest absolute Gasteiger partial charge is 0.264 e. The molecule has 0 aromatic heterocycles. The lowest BCUT2D eigenvalue weighted by molar-refractivity contribution is -0.140. The topological polar surface area (TPSA) is 96.0 Å². The summed E-state index contributed by atoms with van der Waals surface area (Å²) in [6.07, 6.45) is 0.278. The number of nitrogens with one attached hydrogen (secondary N) is 1. The molecule has 1 atom stereocenters. The number of carbonyl (C=O) groups excluding carboxylic acids is 2. The van der Waals surface area contributed by atoms with E-state index in [4.69, 9.17) is 27.9 Å². The van der Waals surface area contributed by atoms with E-state index in [1.165, 1.54) is 24.1 Å². The summed E-state index contributed by atoms with van der Waals surface area (Å²) in [5.74, 6) is -0.720. The Morgan fingerprint density at radius 2 is 1.54 bits per heavy atom. The Morgan fingerprint density at radius 1 is 0.923 bits per heavy atom. The van der Waals surface area contributed by atoms with Crippen LogP contribution in [0.5, 0.6) is 5.75 Å². The van der Waals surface area contributed by atoms with Gasteiger partial charge < -0.3 is 15.0 Å². The van der Waals surface area contributed by atoms with Gasteiger partial charge in [-0.05, 0) is 49.7 Å². The van der Waals surface area contributed by atoms with E-state index < -0.39 is 28.5 Å². The first-order valence-corrected chi connectivity index (χ1v) is 14.6. The van der Waals surface area contributed by atoms with Crippen molar-refractivity contribution in [2.24, 2.45) is 0 Å². The normalized spacial score (nSPS) is 11.9. The number of carbonyl (C=O) groups is 2. The van der Waals surface area contributed by atoms with E-state index in [0.717, 1.165) is 4.31 Å². The third-order valence-electron chi connectivity index (χ3n) is 6.09. The number of hydrogen-bond donors (Lipinski definition) is 1.